The Bertz CT molecular complexity index is 1010. The van der Waals surface area contributed by atoms with Crippen LogP contribution in [-0.2, 0) is 18.6 Å². The van der Waals surface area contributed by atoms with Gasteiger partial charge in [-0.3, -0.25) is 14.4 Å². The van der Waals surface area contributed by atoms with Crippen molar-refractivity contribution in [2.45, 2.75) is 23.7 Å². The zero-order valence-corrected chi connectivity index (χ0v) is 18.4. The molecular formula is C20H18F3NO6S2. The lowest BCUT2D eigenvalue weighted by Gasteiger charge is -2.25. The lowest BCUT2D eigenvalue weighted by Crippen LogP contribution is -2.39. The van der Waals surface area contributed by atoms with Gasteiger partial charge in [-0.2, -0.15) is 17.5 Å². The van der Waals surface area contributed by atoms with Crippen LogP contribution in [0.4, 0.5) is 13.2 Å². The van der Waals surface area contributed by atoms with Gasteiger partial charge >= 0.3 is 11.5 Å². The molecule has 172 valence electrons. The van der Waals surface area contributed by atoms with Gasteiger partial charge in [-0.15, -0.1) is 16.8 Å². The molecule has 2 aromatic rings. The number of amides is 2. The summed E-state index contributed by atoms with van der Waals surface area (Å²) < 4.78 is 52.0. The maximum atomic E-state index is 12.6. The van der Waals surface area contributed by atoms with Crippen LogP contribution in [0, 0.1) is 0 Å². The quantitative estimate of drug-likeness (QED) is 0.158. The number of nitrogens with zero attached hydrogens (tertiary/aromatic N) is 1. The zero-order valence-electron chi connectivity index (χ0n) is 16.8. The second-order valence-electron chi connectivity index (χ2n) is 6.36. The van der Waals surface area contributed by atoms with Gasteiger partial charge in [0.25, 0.3) is 11.8 Å². The Labute approximate surface area is 189 Å². The molecule has 0 saturated heterocycles. The molecule has 1 heterocycles. The van der Waals surface area contributed by atoms with Crippen molar-refractivity contribution in [3.8, 4) is 0 Å². The molecule has 1 aliphatic heterocycles. The van der Waals surface area contributed by atoms with Gasteiger partial charge in [0, 0.05) is 16.0 Å². The summed E-state index contributed by atoms with van der Waals surface area (Å²) in [5.41, 5.74) is -4.62. The van der Waals surface area contributed by atoms with Crippen LogP contribution in [0.2, 0.25) is 0 Å². The minimum atomic E-state index is -4.77. The van der Waals surface area contributed by atoms with E-state index in [-0.39, 0.29) is 35.2 Å². The molecule has 0 N–H and O–H groups in total. The molecule has 0 saturated carbocycles. The highest BCUT2D eigenvalue weighted by Gasteiger charge is 2.39. The number of hydrogen-bond donors (Lipinski definition) is 0. The summed E-state index contributed by atoms with van der Waals surface area (Å²) in [6.45, 7) is 2.64. The van der Waals surface area contributed by atoms with Gasteiger partial charge in [0.05, 0.1) is 37.4 Å². The van der Waals surface area contributed by atoms with E-state index < -0.39 is 29.4 Å². The van der Waals surface area contributed by atoms with Gasteiger partial charge in [0.2, 0.25) is 0 Å². The standard InChI is InChI=1S/C20H18F3NO6S2/c1-2-29-16(25)8-9-28-10-11-31-15-7-6-14-17-12(15)4-3-5-13(17)18(26)24(19(14)27)30-32-20(21,22)23/h3-7H,2,8-11H2,1H3. The van der Waals surface area contributed by atoms with Gasteiger partial charge in [0.15, 0.2) is 0 Å². The third-order valence-electron chi connectivity index (χ3n) is 4.28. The highest BCUT2D eigenvalue weighted by atomic mass is 32.2. The lowest BCUT2D eigenvalue weighted by molar-refractivity contribution is -0.144. The van der Waals surface area contributed by atoms with Crippen LogP contribution in [0.15, 0.2) is 35.2 Å². The summed E-state index contributed by atoms with van der Waals surface area (Å²) in [5.74, 6) is -1.71. The number of esters is 1. The van der Waals surface area contributed by atoms with Crippen LogP contribution in [0.5, 0.6) is 0 Å². The summed E-state index contributed by atoms with van der Waals surface area (Å²) in [6.07, 6.45) is 0.162. The number of halogens is 3. The molecule has 0 aliphatic carbocycles. The Balaban J connectivity index is 1.70. The number of imide groups is 1. The Kier molecular flexibility index (Phi) is 8.04. The summed E-state index contributed by atoms with van der Waals surface area (Å²) in [4.78, 5) is 37.3. The molecule has 2 amide bonds. The predicted octanol–water partition coefficient (Wildman–Crippen LogP) is 4.60. The van der Waals surface area contributed by atoms with E-state index in [9.17, 15) is 27.6 Å². The molecule has 12 heteroatoms. The molecule has 7 nitrogen and oxygen atoms in total. The number of hydroxylamine groups is 2. The van der Waals surface area contributed by atoms with E-state index in [1.807, 2.05) is 0 Å². The number of alkyl halides is 3. The maximum absolute atomic E-state index is 12.6. The normalized spacial score (nSPS) is 13.7. The smallest absolute Gasteiger partial charge is 0.466 e. The van der Waals surface area contributed by atoms with Crippen LogP contribution in [-0.4, -0.2) is 53.9 Å². The van der Waals surface area contributed by atoms with Gasteiger partial charge in [-0.25, -0.2) is 0 Å². The lowest BCUT2D eigenvalue weighted by atomic mass is 9.95. The molecule has 0 aromatic heterocycles. The highest BCUT2D eigenvalue weighted by Crippen LogP contribution is 2.38. The number of ether oxygens (including phenoxy) is 2. The van der Waals surface area contributed by atoms with Gasteiger partial charge < -0.3 is 9.47 Å². The number of carbonyl (C=O) groups excluding carboxylic acids is 3. The van der Waals surface area contributed by atoms with Crippen LogP contribution in [0.1, 0.15) is 34.1 Å². The summed E-state index contributed by atoms with van der Waals surface area (Å²) in [7, 11) is 0. The van der Waals surface area contributed by atoms with Gasteiger partial charge in [-0.05, 0) is 30.5 Å². The van der Waals surface area contributed by atoms with Gasteiger partial charge in [-0.1, -0.05) is 12.1 Å². The van der Waals surface area contributed by atoms with Crippen LogP contribution < -0.4 is 0 Å². The Hall–Kier alpha value is -2.28. The second-order valence-corrected chi connectivity index (χ2v) is 8.28. The van der Waals surface area contributed by atoms with E-state index in [0.717, 1.165) is 4.90 Å². The van der Waals surface area contributed by atoms with Crippen molar-refractivity contribution >= 4 is 52.4 Å². The first-order valence-corrected chi connectivity index (χ1v) is 11.2. The first-order chi connectivity index (χ1) is 15.2. The van der Waals surface area contributed by atoms with Crippen molar-refractivity contribution in [3.05, 3.63) is 41.5 Å². The fourth-order valence-electron chi connectivity index (χ4n) is 3.02. The topological polar surface area (TPSA) is 82.1 Å². The third-order valence-corrected chi connectivity index (χ3v) is 5.73. The van der Waals surface area contributed by atoms with E-state index in [1.165, 1.54) is 23.9 Å². The monoisotopic (exact) mass is 489 g/mol. The van der Waals surface area contributed by atoms with Crippen LogP contribution in [0.3, 0.4) is 0 Å². The van der Waals surface area contributed by atoms with Crippen molar-refractivity contribution in [1.29, 1.82) is 0 Å². The van der Waals surface area contributed by atoms with Crippen molar-refractivity contribution in [2.24, 2.45) is 0 Å². The predicted molar refractivity (Wildman–Crippen MR) is 112 cm³/mol. The molecule has 3 rings (SSSR count). The fraction of sp³-hybridized carbons (Fsp3) is 0.350. The molecular weight excluding hydrogens is 471 g/mol. The van der Waals surface area contributed by atoms with E-state index >= 15 is 0 Å². The SMILES string of the molecule is CCOC(=O)CCOCCSc1ccc2c3c(cccc13)C(=O)N(OSC(F)(F)F)C2=O. The van der Waals surface area contributed by atoms with E-state index in [1.54, 1.807) is 25.1 Å². The molecule has 1 aliphatic rings. The van der Waals surface area contributed by atoms with Gasteiger partial charge in [0.1, 0.15) is 12.0 Å². The number of thioether (sulfide) groups is 1. The zero-order chi connectivity index (χ0) is 23.3. The molecule has 2 aromatic carbocycles. The Morgan fingerprint density at radius 1 is 1.06 bits per heavy atom. The summed E-state index contributed by atoms with van der Waals surface area (Å²) >= 11 is 0.500. The average molecular weight is 489 g/mol. The summed E-state index contributed by atoms with van der Waals surface area (Å²) in [5, 5.41) is 1.12. The van der Waals surface area contributed by atoms with Crippen molar-refractivity contribution < 1.29 is 41.3 Å². The van der Waals surface area contributed by atoms with E-state index in [2.05, 4.69) is 4.28 Å². The summed E-state index contributed by atoms with van der Waals surface area (Å²) in [6, 6.07) is 7.87. The number of benzene rings is 2. The Morgan fingerprint density at radius 3 is 2.47 bits per heavy atom. The Morgan fingerprint density at radius 2 is 1.78 bits per heavy atom. The third kappa shape index (κ3) is 5.74. The van der Waals surface area contributed by atoms with E-state index in [0.29, 0.717) is 29.7 Å². The van der Waals surface area contributed by atoms with Crippen molar-refractivity contribution in [2.75, 3.05) is 25.6 Å². The van der Waals surface area contributed by atoms with Crippen LogP contribution in [0.25, 0.3) is 10.8 Å². The maximum Gasteiger partial charge on any atom is 0.470 e. The first kappa shape index (κ1) is 24.4. The highest BCUT2D eigenvalue weighted by molar-refractivity contribution is 7.99. The first-order valence-electron chi connectivity index (χ1n) is 9.46. The number of rotatable bonds is 10. The molecule has 0 atom stereocenters. The molecule has 32 heavy (non-hydrogen) atoms. The largest absolute Gasteiger partial charge is 0.470 e. The van der Waals surface area contributed by atoms with Crippen molar-refractivity contribution in [1.82, 2.24) is 5.06 Å². The molecule has 0 bridgehead atoms. The minimum Gasteiger partial charge on any atom is -0.466 e. The molecule has 0 fully saturated rings. The molecule has 0 unspecified atom stereocenters. The van der Waals surface area contributed by atoms with Crippen molar-refractivity contribution in [3.63, 3.8) is 0 Å². The minimum absolute atomic E-state index is 0.0769. The average Bonchev–Trinajstić information content (AvgIpc) is 2.74. The second kappa shape index (κ2) is 10.6. The molecule has 0 spiro atoms. The number of hydrogen-bond acceptors (Lipinski definition) is 8. The van der Waals surface area contributed by atoms with Crippen LogP contribution >= 0.6 is 23.8 Å². The molecule has 0 radical (unpaired) electrons. The van der Waals surface area contributed by atoms with E-state index in [4.69, 9.17) is 9.47 Å². The fourth-order valence-corrected chi connectivity index (χ4v) is 4.23. The number of carbonyl (C=O) groups is 3.